The van der Waals surface area contributed by atoms with Crippen molar-refractivity contribution in [2.75, 3.05) is 5.75 Å². The number of aryl methyl sites for hydroxylation is 2. The smallest absolute Gasteiger partial charge is 0.138 e. The molecule has 3 heterocycles. The Morgan fingerprint density at radius 2 is 2.04 bits per heavy atom. The van der Waals surface area contributed by atoms with Crippen LogP contribution in [0.15, 0.2) is 41.4 Å². The first-order chi connectivity index (χ1) is 13.1. The third-order valence-electron chi connectivity index (χ3n) is 4.18. The Morgan fingerprint density at radius 3 is 2.81 bits per heavy atom. The first-order valence-corrected chi connectivity index (χ1v) is 10.7. The van der Waals surface area contributed by atoms with E-state index in [1.54, 1.807) is 17.7 Å². The zero-order chi connectivity index (χ0) is 19.0. The zero-order valence-electron chi connectivity index (χ0n) is 14.6. The molecule has 0 bridgehead atoms. The van der Waals surface area contributed by atoms with Gasteiger partial charge in [0.05, 0.1) is 16.0 Å². The van der Waals surface area contributed by atoms with Crippen molar-refractivity contribution >= 4 is 60.4 Å². The number of rotatable bonds is 4. The van der Waals surface area contributed by atoms with Crippen LogP contribution in [0.2, 0.25) is 0 Å². The van der Waals surface area contributed by atoms with Crippen molar-refractivity contribution in [3.8, 4) is 6.07 Å². The van der Waals surface area contributed by atoms with Gasteiger partial charge in [0, 0.05) is 10.3 Å². The summed E-state index contributed by atoms with van der Waals surface area (Å²) in [7, 11) is 0. The molecule has 0 atom stereocenters. The van der Waals surface area contributed by atoms with Crippen LogP contribution in [0.1, 0.15) is 15.4 Å². The fraction of sp³-hybridized carbons (Fsp3) is 0.158. The van der Waals surface area contributed by atoms with E-state index in [2.05, 4.69) is 34.9 Å². The molecule has 0 amide bonds. The van der Waals surface area contributed by atoms with Crippen LogP contribution in [0, 0.1) is 25.2 Å². The SMILES string of the molecule is Cc1sc2ncnc(SC/C(O)=C(\C#N)c3nc4ccccc4s3)c2c1C. The van der Waals surface area contributed by atoms with E-state index in [4.69, 9.17) is 0 Å². The minimum atomic E-state index is 0.0120. The maximum absolute atomic E-state index is 10.6. The Kier molecular flexibility index (Phi) is 4.83. The summed E-state index contributed by atoms with van der Waals surface area (Å²) in [4.78, 5) is 15.3. The Hall–Kier alpha value is -2.47. The maximum atomic E-state index is 10.6. The molecule has 5 nitrogen and oxygen atoms in total. The monoisotopic (exact) mass is 410 g/mol. The van der Waals surface area contributed by atoms with Crippen LogP contribution in [-0.2, 0) is 0 Å². The number of allylic oxidation sites excluding steroid dienone is 1. The van der Waals surface area contributed by atoms with Crippen LogP contribution < -0.4 is 0 Å². The molecule has 4 rings (SSSR count). The summed E-state index contributed by atoms with van der Waals surface area (Å²) < 4.78 is 0.989. The molecule has 3 aromatic heterocycles. The van der Waals surface area contributed by atoms with Crippen molar-refractivity contribution in [2.45, 2.75) is 18.9 Å². The second-order valence-corrected chi connectivity index (χ2v) is 9.05. The van der Waals surface area contributed by atoms with Gasteiger partial charge in [0.1, 0.15) is 38.6 Å². The Balaban J connectivity index is 1.66. The van der Waals surface area contributed by atoms with E-state index in [-0.39, 0.29) is 17.1 Å². The van der Waals surface area contributed by atoms with Gasteiger partial charge in [-0.25, -0.2) is 15.0 Å². The molecule has 0 fully saturated rings. The molecule has 134 valence electrons. The minimum absolute atomic E-state index is 0.0120. The van der Waals surface area contributed by atoms with Crippen LogP contribution in [0.3, 0.4) is 0 Å². The average Bonchev–Trinajstić information content (AvgIpc) is 3.22. The first-order valence-electron chi connectivity index (χ1n) is 8.10. The average molecular weight is 411 g/mol. The number of thiophene rings is 1. The predicted octanol–water partition coefficient (Wildman–Crippen LogP) is 5.50. The largest absolute Gasteiger partial charge is 0.510 e. The predicted molar refractivity (Wildman–Crippen MR) is 112 cm³/mol. The number of aliphatic hydroxyl groups excluding tert-OH is 1. The van der Waals surface area contributed by atoms with E-state index in [1.807, 2.05) is 24.3 Å². The highest BCUT2D eigenvalue weighted by Gasteiger charge is 2.16. The quantitative estimate of drug-likeness (QED) is 0.207. The fourth-order valence-electron chi connectivity index (χ4n) is 2.68. The molecule has 1 N–H and O–H groups in total. The number of nitriles is 1. The third kappa shape index (κ3) is 3.30. The highest BCUT2D eigenvalue weighted by atomic mass is 32.2. The van der Waals surface area contributed by atoms with Crippen LogP contribution in [0.4, 0.5) is 0 Å². The number of aromatic nitrogens is 3. The summed E-state index contributed by atoms with van der Waals surface area (Å²) in [6.07, 6.45) is 1.54. The Morgan fingerprint density at radius 1 is 1.22 bits per heavy atom. The molecular weight excluding hydrogens is 396 g/mol. The highest BCUT2D eigenvalue weighted by molar-refractivity contribution is 7.99. The summed E-state index contributed by atoms with van der Waals surface area (Å²) in [5, 5.41) is 22.5. The van der Waals surface area contributed by atoms with Crippen molar-refractivity contribution in [1.29, 1.82) is 5.26 Å². The van der Waals surface area contributed by atoms with Gasteiger partial charge in [0.15, 0.2) is 0 Å². The third-order valence-corrected chi connectivity index (χ3v) is 7.35. The van der Waals surface area contributed by atoms with Gasteiger partial charge in [-0.3, -0.25) is 0 Å². The van der Waals surface area contributed by atoms with E-state index in [0.717, 1.165) is 31.0 Å². The number of para-hydroxylation sites is 1. The highest BCUT2D eigenvalue weighted by Crippen LogP contribution is 2.36. The molecular formula is C19H14N4OS3. The second-order valence-electron chi connectivity index (χ2n) is 5.85. The normalized spacial score (nSPS) is 12.3. The van der Waals surface area contributed by atoms with E-state index in [0.29, 0.717) is 5.01 Å². The Bertz CT molecular complexity index is 1200. The molecule has 4 aromatic rings. The zero-order valence-corrected chi connectivity index (χ0v) is 17.0. The lowest BCUT2D eigenvalue weighted by Gasteiger charge is -2.04. The van der Waals surface area contributed by atoms with E-state index < -0.39 is 0 Å². The maximum Gasteiger partial charge on any atom is 0.138 e. The number of fused-ring (bicyclic) bond motifs is 2. The van der Waals surface area contributed by atoms with Gasteiger partial charge in [0.2, 0.25) is 0 Å². The number of thiazole rings is 1. The van der Waals surface area contributed by atoms with Crippen LogP contribution in [0.5, 0.6) is 0 Å². The first kappa shape index (κ1) is 17.9. The van der Waals surface area contributed by atoms with Crippen LogP contribution in [-0.4, -0.2) is 25.8 Å². The lowest BCUT2D eigenvalue weighted by atomic mass is 10.2. The molecule has 0 aliphatic heterocycles. The van der Waals surface area contributed by atoms with E-state index in [1.165, 1.54) is 28.0 Å². The molecule has 0 unspecified atom stereocenters. The van der Waals surface area contributed by atoms with Gasteiger partial charge in [-0.1, -0.05) is 23.9 Å². The number of nitrogens with zero attached hydrogens (tertiary/aromatic N) is 4. The summed E-state index contributed by atoms with van der Waals surface area (Å²) in [6, 6.07) is 9.79. The van der Waals surface area contributed by atoms with Gasteiger partial charge in [-0.15, -0.1) is 22.7 Å². The molecule has 0 aliphatic carbocycles. The number of hydrogen-bond donors (Lipinski definition) is 1. The van der Waals surface area contributed by atoms with E-state index >= 15 is 0 Å². The number of hydrogen-bond acceptors (Lipinski definition) is 8. The van der Waals surface area contributed by atoms with Crippen molar-refractivity contribution < 1.29 is 5.11 Å². The molecule has 0 aliphatic rings. The van der Waals surface area contributed by atoms with Gasteiger partial charge in [-0.2, -0.15) is 5.26 Å². The molecule has 0 saturated carbocycles. The standard InChI is InChI=1S/C19H14N4OS3/c1-10-11(2)26-19-16(10)18(21-9-22-19)25-8-14(24)12(7-20)17-23-13-5-3-4-6-15(13)27-17/h3-6,9,24H,8H2,1-2H3/b14-12-. The van der Waals surface area contributed by atoms with Crippen LogP contribution >= 0.6 is 34.4 Å². The number of aliphatic hydroxyl groups is 1. The molecule has 1 aromatic carbocycles. The van der Waals surface area contributed by atoms with Crippen LogP contribution in [0.25, 0.3) is 26.0 Å². The lowest BCUT2D eigenvalue weighted by Crippen LogP contribution is -1.94. The van der Waals surface area contributed by atoms with Crippen molar-refractivity contribution in [3.63, 3.8) is 0 Å². The van der Waals surface area contributed by atoms with Gasteiger partial charge in [-0.05, 0) is 31.5 Å². The fourth-order valence-corrected chi connectivity index (χ4v) is 5.66. The summed E-state index contributed by atoms with van der Waals surface area (Å²) in [6.45, 7) is 4.12. The minimum Gasteiger partial charge on any atom is -0.510 e. The number of thioether (sulfide) groups is 1. The molecule has 0 saturated heterocycles. The number of benzene rings is 1. The van der Waals surface area contributed by atoms with Gasteiger partial charge in [0.25, 0.3) is 0 Å². The summed E-state index contributed by atoms with van der Waals surface area (Å²) in [5.74, 6) is 0.261. The molecule has 27 heavy (non-hydrogen) atoms. The van der Waals surface area contributed by atoms with Gasteiger partial charge < -0.3 is 5.11 Å². The van der Waals surface area contributed by atoms with E-state index in [9.17, 15) is 10.4 Å². The van der Waals surface area contributed by atoms with Crippen molar-refractivity contribution in [3.05, 3.63) is 51.8 Å². The van der Waals surface area contributed by atoms with Gasteiger partial charge >= 0.3 is 0 Å². The van der Waals surface area contributed by atoms with Crippen molar-refractivity contribution in [1.82, 2.24) is 15.0 Å². The Labute approximate surface area is 168 Å². The second kappa shape index (κ2) is 7.27. The topological polar surface area (TPSA) is 82.7 Å². The molecule has 0 spiro atoms. The summed E-state index contributed by atoms with van der Waals surface area (Å²) in [5.41, 5.74) is 2.20. The van der Waals surface area contributed by atoms with Crippen molar-refractivity contribution in [2.24, 2.45) is 0 Å². The molecule has 0 radical (unpaired) electrons. The summed E-state index contributed by atoms with van der Waals surface area (Å²) >= 11 is 4.45. The molecule has 8 heteroatoms. The lowest BCUT2D eigenvalue weighted by molar-refractivity contribution is 0.421.